The summed E-state index contributed by atoms with van der Waals surface area (Å²) in [7, 11) is 0. The summed E-state index contributed by atoms with van der Waals surface area (Å²) in [6, 6.07) is 10.0. The largest absolute Gasteiger partial charge is 0.321 e. The van der Waals surface area contributed by atoms with Gasteiger partial charge in [0.2, 0.25) is 0 Å². The van der Waals surface area contributed by atoms with E-state index in [2.05, 4.69) is 27.3 Å². The van der Waals surface area contributed by atoms with E-state index in [1.54, 1.807) is 0 Å². The highest BCUT2D eigenvalue weighted by Gasteiger charge is 2.17. The van der Waals surface area contributed by atoms with E-state index in [9.17, 15) is 0 Å². The van der Waals surface area contributed by atoms with Crippen LogP contribution in [0.25, 0.3) is 0 Å². The van der Waals surface area contributed by atoms with E-state index in [-0.39, 0.29) is 6.04 Å². The number of aryl methyl sites for hydroxylation is 2. The van der Waals surface area contributed by atoms with Crippen molar-refractivity contribution >= 4 is 0 Å². The van der Waals surface area contributed by atoms with Crippen molar-refractivity contribution < 1.29 is 0 Å². The predicted molar refractivity (Wildman–Crippen MR) is 73.5 cm³/mol. The number of hydrogen-bond acceptors (Lipinski definition) is 4. The minimum atomic E-state index is -0.179. The fraction of sp³-hybridized carbons (Fsp3) is 0.400. The first-order valence-electron chi connectivity index (χ1n) is 6.85. The molecule has 1 unspecified atom stereocenters. The number of hydrogen-bond donors (Lipinski definition) is 1. The lowest BCUT2D eigenvalue weighted by molar-refractivity contribution is 0.585. The average Bonchev–Trinajstić information content (AvgIpc) is 2.48. The first-order chi connectivity index (χ1) is 9.33. The molecule has 1 aromatic heterocycles. The van der Waals surface area contributed by atoms with Gasteiger partial charge in [-0.25, -0.2) is 4.98 Å². The fourth-order valence-electron chi connectivity index (χ4n) is 2.49. The molecule has 1 aliphatic carbocycles. The lowest BCUT2D eigenvalue weighted by atomic mass is 10.0. The number of nitrogens with zero attached hydrogens (tertiary/aromatic N) is 3. The van der Waals surface area contributed by atoms with Crippen molar-refractivity contribution in [2.75, 3.05) is 0 Å². The molecule has 2 N–H and O–H groups in total. The van der Waals surface area contributed by atoms with E-state index in [4.69, 9.17) is 5.73 Å². The average molecular weight is 254 g/mol. The van der Waals surface area contributed by atoms with Crippen LogP contribution in [0.1, 0.15) is 41.7 Å². The number of fused-ring (bicyclic) bond motifs is 1. The molecule has 1 aromatic carbocycles. The van der Waals surface area contributed by atoms with Gasteiger partial charge < -0.3 is 5.73 Å². The summed E-state index contributed by atoms with van der Waals surface area (Å²) in [4.78, 5) is 4.61. The number of nitrogens with two attached hydrogens (primary N) is 1. The quantitative estimate of drug-likeness (QED) is 0.909. The van der Waals surface area contributed by atoms with Gasteiger partial charge in [0.1, 0.15) is 0 Å². The Labute approximate surface area is 113 Å². The van der Waals surface area contributed by atoms with Crippen LogP contribution in [0, 0.1) is 0 Å². The standard InChI is InChI=1S/C15H18N4/c16-12(10-11-6-2-1-3-7-11)15-17-13-8-4-5-9-14(13)18-19-15/h1-3,6-7,12H,4-5,8-10,16H2. The predicted octanol–water partition coefficient (Wildman–Crippen LogP) is 1.99. The third-order valence-electron chi connectivity index (χ3n) is 3.56. The molecule has 0 radical (unpaired) electrons. The van der Waals surface area contributed by atoms with Gasteiger partial charge in [-0.05, 0) is 37.7 Å². The van der Waals surface area contributed by atoms with Crippen LogP contribution < -0.4 is 5.73 Å². The Morgan fingerprint density at radius 3 is 2.53 bits per heavy atom. The lowest BCUT2D eigenvalue weighted by Gasteiger charge is -2.15. The highest BCUT2D eigenvalue weighted by molar-refractivity contribution is 5.18. The van der Waals surface area contributed by atoms with Crippen LogP contribution in [0.5, 0.6) is 0 Å². The highest BCUT2D eigenvalue weighted by atomic mass is 15.2. The maximum absolute atomic E-state index is 6.20. The molecule has 98 valence electrons. The molecule has 19 heavy (non-hydrogen) atoms. The van der Waals surface area contributed by atoms with Gasteiger partial charge in [0.15, 0.2) is 5.82 Å². The third-order valence-corrected chi connectivity index (χ3v) is 3.56. The summed E-state index contributed by atoms with van der Waals surface area (Å²) in [5.74, 6) is 0.671. The molecule has 0 spiro atoms. The van der Waals surface area contributed by atoms with Gasteiger partial charge >= 0.3 is 0 Å². The zero-order chi connectivity index (χ0) is 13.1. The van der Waals surface area contributed by atoms with Crippen molar-refractivity contribution in [3.63, 3.8) is 0 Å². The van der Waals surface area contributed by atoms with Gasteiger partial charge in [-0.2, -0.15) is 5.10 Å². The number of benzene rings is 1. The molecular weight excluding hydrogens is 236 g/mol. The first-order valence-corrected chi connectivity index (χ1v) is 6.85. The summed E-state index contributed by atoms with van der Waals surface area (Å²) < 4.78 is 0. The molecule has 1 heterocycles. The van der Waals surface area contributed by atoms with E-state index in [0.717, 1.165) is 30.7 Å². The summed E-state index contributed by atoms with van der Waals surface area (Å²) in [6.45, 7) is 0. The molecule has 4 heteroatoms. The molecule has 0 saturated carbocycles. The van der Waals surface area contributed by atoms with Gasteiger partial charge in [0.05, 0.1) is 17.4 Å². The molecule has 0 bridgehead atoms. The summed E-state index contributed by atoms with van der Waals surface area (Å²) in [5, 5.41) is 8.49. The SMILES string of the molecule is NC(Cc1ccccc1)c1nnc2c(n1)CCCC2. The number of aromatic nitrogens is 3. The van der Waals surface area contributed by atoms with Crippen LogP contribution in [-0.2, 0) is 19.3 Å². The molecule has 0 amide bonds. The molecule has 1 aliphatic rings. The first kappa shape index (κ1) is 12.2. The van der Waals surface area contributed by atoms with Crippen LogP contribution >= 0.6 is 0 Å². The minimum absolute atomic E-state index is 0.179. The molecule has 0 saturated heterocycles. The van der Waals surface area contributed by atoms with Crippen molar-refractivity contribution in [2.24, 2.45) is 5.73 Å². The fourth-order valence-corrected chi connectivity index (χ4v) is 2.49. The Hall–Kier alpha value is -1.81. The van der Waals surface area contributed by atoms with E-state index < -0.39 is 0 Å². The van der Waals surface area contributed by atoms with Crippen molar-refractivity contribution in [1.29, 1.82) is 0 Å². The second-order valence-corrected chi connectivity index (χ2v) is 5.07. The maximum atomic E-state index is 6.20. The third kappa shape index (κ3) is 2.79. The normalized spacial score (nSPS) is 15.8. The molecule has 0 aliphatic heterocycles. The van der Waals surface area contributed by atoms with E-state index >= 15 is 0 Å². The summed E-state index contributed by atoms with van der Waals surface area (Å²) in [6.07, 6.45) is 5.15. The zero-order valence-corrected chi connectivity index (χ0v) is 10.9. The van der Waals surface area contributed by atoms with Crippen molar-refractivity contribution in [1.82, 2.24) is 15.2 Å². The van der Waals surface area contributed by atoms with Crippen LogP contribution in [-0.4, -0.2) is 15.2 Å². The molecule has 2 aromatic rings. The maximum Gasteiger partial charge on any atom is 0.168 e. The molecule has 4 nitrogen and oxygen atoms in total. The van der Waals surface area contributed by atoms with Crippen LogP contribution in [0.3, 0.4) is 0 Å². The summed E-state index contributed by atoms with van der Waals surface area (Å²) >= 11 is 0. The minimum Gasteiger partial charge on any atom is -0.321 e. The van der Waals surface area contributed by atoms with E-state index in [1.165, 1.54) is 18.4 Å². The summed E-state index contributed by atoms with van der Waals surface area (Å²) in [5.41, 5.74) is 9.55. The molecule has 1 atom stereocenters. The smallest absolute Gasteiger partial charge is 0.168 e. The van der Waals surface area contributed by atoms with Gasteiger partial charge in [-0.3, -0.25) is 0 Å². The van der Waals surface area contributed by atoms with Crippen molar-refractivity contribution in [2.45, 2.75) is 38.1 Å². The monoisotopic (exact) mass is 254 g/mol. The van der Waals surface area contributed by atoms with E-state index in [0.29, 0.717) is 5.82 Å². The van der Waals surface area contributed by atoms with Crippen molar-refractivity contribution in [3.8, 4) is 0 Å². The molecular formula is C15H18N4. The van der Waals surface area contributed by atoms with E-state index in [1.807, 2.05) is 18.2 Å². The van der Waals surface area contributed by atoms with Crippen molar-refractivity contribution in [3.05, 3.63) is 53.1 Å². The lowest BCUT2D eigenvalue weighted by Crippen LogP contribution is -2.20. The zero-order valence-electron chi connectivity index (χ0n) is 10.9. The Balaban J connectivity index is 1.78. The van der Waals surface area contributed by atoms with Gasteiger partial charge in [0, 0.05) is 0 Å². The van der Waals surface area contributed by atoms with Crippen LogP contribution in [0.4, 0.5) is 0 Å². The second kappa shape index (κ2) is 5.45. The topological polar surface area (TPSA) is 64.7 Å². The van der Waals surface area contributed by atoms with Crippen LogP contribution in [0.15, 0.2) is 30.3 Å². The Kier molecular flexibility index (Phi) is 3.51. The second-order valence-electron chi connectivity index (χ2n) is 5.07. The highest BCUT2D eigenvalue weighted by Crippen LogP contribution is 2.19. The Bertz CT molecular complexity index is 553. The Morgan fingerprint density at radius 2 is 1.74 bits per heavy atom. The van der Waals surface area contributed by atoms with Crippen LogP contribution in [0.2, 0.25) is 0 Å². The number of rotatable bonds is 3. The molecule has 0 fully saturated rings. The Morgan fingerprint density at radius 1 is 1.00 bits per heavy atom. The van der Waals surface area contributed by atoms with Gasteiger partial charge in [-0.1, -0.05) is 30.3 Å². The van der Waals surface area contributed by atoms with Gasteiger partial charge in [0.25, 0.3) is 0 Å². The van der Waals surface area contributed by atoms with Gasteiger partial charge in [-0.15, -0.1) is 5.10 Å². The molecule has 3 rings (SSSR count).